The Kier molecular flexibility index (Phi) is 9.77. The van der Waals surface area contributed by atoms with Crippen molar-refractivity contribution >= 4 is 12.0 Å². The summed E-state index contributed by atoms with van der Waals surface area (Å²) in [5.41, 5.74) is 6.42. The lowest BCUT2D eigenvalue weighted by Crippen LogP contribution is -2.39. The van der Waals surface area contributed by atoms with Gasteiger partial charge in [0.2, 0.25) is 0 Å². The zero-order chi connectivity index (χ0) is 32.6. The maximum atomic E-state index is 13.8. The van der Waals surface area contributed by atoms with Crippen LogP contribution in [0.25, 0.3) is 6.08 Å². The molecule has 6 rings (SSSR count). The van der Waals surface area contributed by atoms with E-state index in [1.54, 1.807) is 20.4 Å². The molecule has 8 heteroatoms. The third-order valence-electron chi connectivity index (χ3n) is 8.23. The van der Waals surface area contributed by atoms with E-state index in [9.17, 15) is 4.79 Å². The first kappa shape index (κ1) is 31.4. The number of carbonyl (C=O) groups is 1. The molecule has 1 unspecified atom stereocenters. The van der Waals surface area contributed by atoms with E-state index in [-0.39, 0.29) is 5.91 Å². The molecule has 2 heterocycles. The Bertz CT molecular complexity index is 1850. The number of aryl methyl sites for hydroxylation is 1. The number of methoxy groups -OCH3 is 2. The molecule has 0 aliphatic carbocycles. The van der Waals surface area contributed by atoms with Gasteiger partial charge in [0.25, 0.3) is 5.91 Å². The minimum absolute atomic E-state index is 0.194. The van der Waals surface area contributed by atoms with Gasteiger partial charge in [-0.2, -0.15) is 0 Å². The lowest BCUT2D eigenvalue weighted by molar-refractivity contribution is 0.0694. The van der Waals surface area contributed by atoms with E-state index in [1.165, 1.54) is 12.4 Å². The summed E-state index contributed by atoms with van der Waals surface area (Å²) >= 11 is 0. The van der Waals surface area contributed by atoms with Crippen molar-refractivity contribution in [2.75, 3.05) is 20.8 Å². The maximum Gasteiger partial charge on any atom is 0.274 e. The Labute approximate surface area is 275 Å². The van der Waals surface area contributed by atoms with E-state index >= 15 is 0 Å². The van der Waals surface area contributed by atoms with Crippen molar-refractivity contribution < 1.29 is 23.7 Å². The highest BCUT2D eigenvalue weighted by atomic mass is 16.5. The second-order valence-corrected chi connectivity index (χ2v) is 11.3. The standard InChI is InChI=1S/C39H37N3O5/c1-27-20-35(44-2)37(46-25-28-10-6-4-7-11-28)21-30(27)14-15-34-32-23-36(45-3)38(47-26-29-12-8-5-9-13-29)22-31(32)16-19-42(34)39(43)33-24-40-17-18-41-33/h4-15,17-18,20-24,34H,16,19,25-26H2,1-3H3. The van der Waals surface area contributed by atoms with Gasteiger partial charge < -0.3 is 23.8 Å². The average molecular weight is 628 g/mol. The number of aromatic nitrogens is 2. The molecule has 0 radical (unpaired) electrons. The average Bonchev–Trinajstić information content (AvgIpc) is 3.13. The van der Waals surface area contributed by atoms with E-state index in [2.05, 4.69) is 9.97 Å². The van der Waals surface area contributed by atoms with Crippen LogP contribution in [0.4, 0.5) is 0 Å². The second kappa shape index (κ2) is 14.6. The smallest absolute Gasteiger partial charge is 0.274 e. The summed E-state index contributed by atoms with van der Waals surface area (Å²) in [4.78, 5) is 24.1. The van der Waals surface area contributed by atoms with Crippen molar-refractivity contribution in [2.24, 2.45) is 0 Å². The van der Waals surface area contributed by atoms with E-state index in [1.807, 2.05) is 109 Å². The Morgan fingerprint density at radius 3 is 2.09 bits per heavy atom. The van der Waals surface area contributed by atoms with Crippen molar-refractivity contribution in [3.05, 3.63) is 149 Å². The molecule has 0 saturated heterocycles. The first-order chi connectivity index (χ1) is 23.0. The number of rotatable bonds is 11. The van der Waals surface area contributed by atoms with Crippen LogP contribution in [-0.2, 0) is 19.6 Å². The third kappa shape index (κ3) is 7.28. The highest BCUT2D eigenvalue weighted by Crippen LogP contribution is 2.40. The van der Waals surface area contributed by atoms with Gasteiger partial charge in [-0.15, -0.1) is 0 Å². The van der Waals surface area contributed by atoms with Crippen LogP contribution < -0.4 is 18.9 Å². The van der Waals surface area contributed by atoms with Crippen LogP contribution in [0.5, 0.6) is 23.0 Å². The molecule has 238 valence electrons. The van der Waals surface area contributed by atoms with Gasteiger partial charge in [0.15, 0.2) is 23.0 Å². The summed E-state index contributed by atoms with van der Waals surface area (Å²) in [6.45, 7) is 3.35. The summed E-state index contributed by atoms with van der Waals surface area (Å²) in [6.07, 6.45) is 9.33. The molecular weight excluding hydrogens is 590 g/mol. The van der Waals surface area contributed by atoms with Gasteiger partial charge in [-0.1, -0.05) is 72.8 Å². The zero-order valence-corrected chi connectivity index (χ0v) is 26.8. The molecular formula is C39H37N3O5. The molecule has 1 amide bonds. The van der Waals surface area contributed by atoms with Gasteiger partial charge in [-0.05, 0) is 71.0 Å². The predicted molar refractivity (Wildman–Crippen MR) is 181 cm³/mol. The Balaban J connectivity index is 1.35. The van der Waals surface area contributed by atoms with E-state index in [0.29, 0.717) is 54.9 Å². The Morgan fingerprint density at radius 2 is 1.47 bits per heavy atom. The van der Waals surface area contributed by atoms with E-state index < -0.39 is 6.04 Å². The number of carbonyl (C=O) groups excluding carboxylic acids is 1. The van der Waals surface area contributed by atoms with Crippen LogP contribution in [0.3, 0.4) is 0 Å². The van der Waals surface area contributed by atoms with Crippen LogP contribution >= 0.6 is 0 Å². The van der Waals surface area contributed by atoms with Crippen LogP contribution in [-0.4, -0.2) is 41.5 Å². The highest BCUT2D eigenvalue weighted by Gasteiger charge is 2.32. The topological polar surface area (TPSA) is 83.0 Å². The van der Waals surface area contributed by atoms with Crippen molar-refractivity contribution in [1.82, 2.24) is 14.9 Å². The minimum atomic E-state index is -0.402. The molecule has 0 fully saturated rings. The number of benzene rings is 4. The summed E-state index contributed by atoms with van der Waals surface area (Å²) in [5, 5.41) is 0. The monoisotopic (exact) mass is 627 g/mol. The molecule has 8 nitrogen and oxygen atoms in total. The third-order valence-corrected chi connectivity index (χ3v) is 8.23. The quantitative estimate of drug-likeness (QED) is 0.151. The molecule has 0 saturated carbocycles. The van der Waals surface area contributed by atoms with E-state index in [0.717, 1.165) is 33.4 Å². The van der Waals surface area contributed by atoms with Crippen LogP contribution in [0, 0.1) is 6.92 Å². The summed E-state index contributed by atoms with van der Waals surface area (Å²) in [7, 11) is 3.27. The molecule has 1 aliphatic heterocycles. The van der Waals surface area contributed by atoms with Crippen LogP contribution in [0.1, 0.15) is 49.9 Å². The largest absolute Gasteiger partial charge is 0.493 e. The molecule has 5 aromatic rings. The fraction of sp³-hybridized carbons (Fsp3) is 0.205. The van der Waals surface area contributed by atoms with Gasteiger partial charge in [-0.3, -0.25) is 9.78 Å². The number of nitrogens with zero attached hydrogens (tertiary/aromatic N) is 3. The first-order valence-corrected chi connectivity index (χ1v) is 15.5. The van der Waals surface area contributed by atoms with Crippen molar-refractivity contribution in [2.45, 2.75) is 32.6 Å². The van der Waals surface area contributed by atoms with Crippen LogP contribution in [0.15, 0.2) is 110 Å². The van der Waals surface area contributed by atoms with Crippen molar-refractivity contribution in [3.8, 4) is 23.0 Å². The minimum Gasteiger partial charge on any atom is -0.493 e. The van der Waals surface area contributed by atoms with Crippen molar-refractivity contribution in [3.63, 3.8) is 0 Å². The summed E-state index contributed by atoms with van der Waals surface area (Å²) < 4.78 is 23.9. The maximum absolute atomic E-state index is 13.8. The van der Waals surface area contributed by atoms with Gasteiger partial charge in [0, 0.05) is 18.9 Å². The number of fused-ring (bicyclic) bond motifs is 1. The Morgan fingerprint density at radius 1 is 0.830 bits per heavy atom. The fourth-order valence-corrected chi connectivity index (χ4v) is 5.72. The highest BCUT2D eigenvalue weighted by molar-refractivity contribution is 5.92. The summed E-state index contributed by atoms with van der Waals surface area (Å²) in [5.74, 6) is 2.37. The second-order valence-electron chi connectivity index (χ2n) is 11.3. The van der Waals surface area contributed by atoms with Gasteiger partial charge >= 0.3 is 0 Å². The molecule has 0 spiro atoms. The molecule has 47 heavy (non-hydrogen) atoms. The first-order valence-electron chi connectivity index (χ1n) is 15.5. The van der Waals surface area contributed by atoms with Crippen molar-refractivity contribution in [1.29, 1.82) is 0 Å². The van der Waals surface area contributed by atoms with E-state index in [4.69, 9.17) is 18.9 Å². The van der Waals surface area contributed by atoms with Gasteiger partial charge in [0.05, 0.1) is 26.5 Å². The molecule has 0 N–H and O–H groups in total. The number of amides is 1. The predicted octanol–water partition coefficient (Wildman–Crippen LogP) is 7.41. The zero-order valence-electron chi connectivity index (χ0n) is 26.8. The van der Waals surface area contributed by atoms with Crippen LogP contribution in [0.2, 0.25) is 0 Å². The lowest BCUT2D eigenvalue weighted by Gasteiger charge is -2.36. The Hall–Kier alpha value is -5.63. The number of hydrogen-bond donors (Lipinski definition) is 0. The molecule has 1 aromatic heterocycles. The molecule has 1 aliphatic rings. The lowest BCUT2D eigenvalue weighted by atomic mass is 9.90. The summed E-state index contributed by atoms with van der Waals surface area (Å²) in [6, 6.07) is 27.6. The number of hydrogen-bond acceptors (Lipinski definition) is 7. The van der Waals surface area contributed by atoms with Gasteiger partial charge in [-0.25, -0.2) is 4.98 Å². The fourth-order valence-electron chi connectivity index (χ4n) is 5.72. The number of ether oxygens (including phenoxy) is 4. The molecule has 1 atom stereocenters. The molecule has 0 bridgehead atoms. The molecule has 4 aromatic carbocycles. The SMILES string of the molecule is COc1cc(C)c(C=CC2c3cc(OC)c(OCc4ccccc4)cc3CCN2C(=O)c2cnccn2)cc1OCc1ccccc1. The van der Waals surface area contributed by atoms with Gasteiger partial charge in [0.1, 0.15) is 18.9 Å². The normalized spacial score (nSPS) is 14.0.